The van der Waals surface area contributed by atoms with Gasteiger partial charge in [-0.1, -0.05) is 220 Å². The Labute approximate surface area is 329 Å². The smallest absolute Gasteiger partial charge is 0.306 e. The molecule has 53 heavy (non-hydrogen) atoms. The first-order valence-corrected chi connectivity index (χ1v) is 23.4. The predicted octanol–water partition coefficient (Wildman–Crippen LogP) is 14.7. The van der Waals surface area contributed by atoms with Crippen LogP contribution in [0.5, 0.6) is 0 Å². The Morgan fingerprint density at radius 3 is 0.925 bits per heavy atom. The molecule has 6 nitrogen and oxygen atoms in total. The van der Waals surface area contributed by atoms with Crippen molar-refractivity contribution in [1.29, 1.82) is 0 Å². The first-order chi connectivity index (χ1) is 25.9. The third-order valence-corrected chi connectivity index (χ3v) is 10.5. The van der Waals surface area contributed by atoms with E-state index in [0.29, 0.717) is 19.3 Å². The van der Waals surface area contributed by atoms with Gasteiger partial charge in [0.2, 0.25) is 0 Å². The number of carbonyl (C=O) groups excluding carboxylic acids is 3. The lowest BCUT2D eigenvalue weighted by molar-refractivity contribution is -0.167. The summed E-state index contributed by atoms with van der Waals surface area (Å²) < 4.78 is 16.6. The fourth-order valence-electron chi connectivity index (χ4n) is 6.98. The van der Waals surface area contributed by atoms with Crippen LogP contribution in [-0.4, -0.2) is 37.2 Å². The summed E-state index contributed by atoms with van der Waals surface area (Å²) in [6.45, 7) is 8.93. The molecule has 0 aliphatic carbocycles. The lowest BCUT2D eigenvalue weighted by Crippen LogP contribution is -2.30. The molecule has 0 radical (unpaired) electrons. The number of esters is 3. The van der Waals surface area contributed by atoms with Crippen LogP contribution in [-0.2, 0) is 28.6 Å². The van der Waals surface area contributed by atoms with Crippen LogP contribution >= 0.6 is 0 Å². The normalized spacial score (nSPS) is 11.9. The number of ether oxygens (including phenoxy) is 3. The van der Waals surface area contributed by atoms with Crippen molar-refractivity contribution >= 4 is 17.9 Å². The van der Waals surface area contributed by atoms with Crippen molar-refractivity contribution in [2.45, 2.75) is 265 Å². The highest BCUT2D eigenvalue weighted by atomic mass is 16.6. The average Bonchev–Trinajstić information content (AvgIpc) is 3.14. The monoisotopic (exact) mass is 751 g/mol. The Balaban J connectivity index is 4.16. The Hall–Kier alpha value is -1.59. The molecule has 0 N–H and O–H groups in total. The van der Waals surface area contributed by atoms with Gasteiger partial charge < -0.3 is 14.2 Å². The molecule has 0 amide bonds. The fourth-order valence-corrected chi connectivity index (χ4v) is 6.98. The maximum absolute atomic E-state index is 12.7. The molecule has 0 aliphatic heterocycles. The topological polar surface area (TPSA) is 78.9 Å². The maximum atomic E-state index is 12.7. The summed E-state index contributed by atoms with van der Waals surface area (Å²) in [7, 11) is 0. The van der Waals surface area contributed by atoms with Gasteiger partial charge in [-0.3, -0.25) is 14.4 Å². The van der Waals surface area contributed by atoms with Crippen molar-refractivity contribution in [3.05, 3.63) is 0 Å². The van der Waals surface area contributed by atoms with Gasteiger partial charge in [-0.2, -0.15) is 0 Å². The van der Waals surface area contributed by atoms with Crippen LogP contribution < -0.4 is 0 Å². The van der Waals surface area contributed by atoms with E-state index < -0.39 is 6.10 Å². The molecule has 1 atom stereocenters. The van der Waals surface area contributed by atoms with E-state index in [4.69, 9.17) is 14.2 Å². The molecule has 0 saturated carbocycles. The second-order valence-corrected chi connectivity index (χ2v) is 16.5. The van der Waals surface area contributed by atoms with E-state index in [0.717, 1.165) is 70.1 Å². The second-order valence-electron chi connectivity index (χ2n) is 16.5. The van der Waals surface area contributed by atoms with Crippen molar-refractivity contribution in [3.8, 4) is 0 Å². The highest BCUT2D eigenvalue weighted by Gasteiger charge is 2.19. The lowest BCUT2D eigenvalue weighted by atomic mass is 10.0. The zero-order chi connectivity index (χ0) is 38.9. The fraction of sp³-hybridized carbons (Fsp3) is 0.936. The molecule has 0 aliphatic rings. The number of rotatable bonds is 42. The Morgan fingerprint density at radius 2 is 0.623 bits per heavy atom. The van der Waals surface area contributed by atoms with Gasteiger partial charge in [-0.25, -0.2) is 0 Å². The van der Waals surface area contributed by atoms with Gasteiger partial charge in [0.1, 0.15) is 13.2 Å². The lowest BCUT2D eigenvalue weighted by Gasteiger charge is -2.18. The largest absolute Gasteiger partial charge is 0.462 e. The number of unbranched alkanes of at least 4 members (excludes halogenated alkanes) is 29. The van der Waals surface area contributed by atoms with Crippen LogP contribution in [0.2, 0.25) is 0 Å². The highest BCUT2D eigenvalue weighted by molar-refractivity contribution is 5.71. The van der Waals surface area contributed by atoms with Crippen molar-refractivity contribution in [1.82, 2.24) is 0 Å². The first-order valence-electron chi connectivity index (χ1n) is 23.4. The summed E-state index contributed by atoms with van der Waals surface area (Å²) in [6, 6.07) is 0. The number of carbonyl (C=O) groups is 3. The van der Waals surface area contributed by atoms with Gasteiger partial charge in [0, 0.05) is 19.3 Å². The van der Waals surface area contributed by atoms with Gasteiger partial charge in [-0.15, -0.1) is 0 Å². The molecule has 6 heteroatoms. The SMILES string of the molecule is CCCCCCCCCCCCCCCCC(=O)OC[C@H](COC(=O)CCCCCCC)OC(=O)CCCCCCCCCCCCCCCC(C)C. The Bertz CT molecular complexity index is 796. The predicted molar refractivity (Wildman–Crippen MR) is 224 cm³/mol. The third-order valence-electron chi connectivity index (χ3n) is 10.5. The van der Waals surface area contributed by atoms with Crippen LogP contribution in [0, 0.1) is 5.92 Å². The molecule has 0 spiro atoms. The summed E-state index contributed by atoms with van der Waals surface area (Å²) in [5.74, 6) is -0.0272. The molecule has 0 rings (SSSR count). The zero-order valence-electron chi connectivity index (χ0n) is 36.0. The molecule has 0 bridgehead atoms. The Kier molecular flexibility index (Phi) is 40.3. The third kappa shape index (κ3) is 41.4. The zero-order valence-corrected chi connectivity index (χ0v) is 36.0. The average molecular weight is 751 g/mol. The molecule has 0 aromatic heterocycles. The summed E-state index contributed by atoms with van der Waals surface area (Å²) >= 11 is 0. The van der Waals surface area contributed by atoms with E-state index in [9.17, 15) is 14.4 Å². The van der Waals surface area contributed by atoms with E-state index in [-0.39, 0.29) is 31.1 Å². The van der Waals surface area contributed by atoms with Gasteiger partial charge in [0.25, 0.3) is 0 Å². The molecule has 0 unspecified atom stereocenters. The molecule has 0 heterocycles. The van der Waals surface area contributed by atoms with Crippen molar-refractivity contribution < 1.29 is 28.6 Å². The molecule has 0 aromatic carbocycles. The van der Waals surface area contributed by atoms with Crippen molar-refractivity contribution in [2.24, 2.45) is 5.92 Å². The van der Waals surface area contributed by atoms with Crippen LogP contribution in [0.3, 0.4) is 0 Å². The Morgan fingerprint density at radius 1 is 0.358 bits per heavy atom. The van der Waals surface area contributed by atoms with Crippen molar-refractivity contribution in [2.75, 3.05) is 13.2 Å². The van der Waals surface area contributed by atoms with E-state index >= 15 is 0 Å². The van der Waals surface area contributed by atoms with Crippen molar-refractivity contribution in [3.63, 3.8) is 0 Å². The van der Waals surface area contributed by atoms with Gasteiger partial charge in [0.15, 0.2) is 6.10 Å². The van der Waals surface area contributed by atoms with Gasteiger partial charge >= 0.3 is 17.9 Å². The summed E-state index contributed by atoms with van der Waals surface area (Å²) in [5.41, 5.74) is 0. The molecule has 0 aromatic rings. The second kappa shape index (κ2) is 41.6. The summed E-state index contributed by atoms with van der Waals surface area (Å²) in [5, 5.41) is 0. The van der Waals surface area contributed by atoms with Crippen LogP contribution in [0.25, 0.3) is 0 Å². The van der Waals surface area contributed by atoms with E-state index in [1.165, 1.54) is 148 Å². The van der Waals surface area contributed by atoms with Crippen LogP contribution in [0.4, 0.5) is 0 Å². The summed E-state index contributed by atoms with van der Waals surface area (Å²) in [6.07, 6.45) is 41.1. The number of hydrogen-bond acceptors (Lipinski definition) is 6. The maximum Gasteiger partial charge on any atom is 0.306 e. The number of hydrogen-bond donors (Lipinski definition) is 0. The quantitative estimate of drug-likeness (QED) is 0.0351. The molecular weight excluding hydrogens is 661 g/mol. The standard InChI is InChI=1S/C47H90O6/c1-5-7-9-11-12-13-14-15-18-21-24-27-31-35-39-46(49)52-42-44(41-51-45(48)38-34-29-10-8-6-2)53-47(50)40-36-32-28-25-22-19-16-17-20-23-26-30-33-37-43(3)4/h43-44H,5-42H2,1-4H3/t44-/m0/s1. The highest BCUT2D eigenvalue weighted by Crippen LogP contribution is 2.16. The minimum absolute atomic E-state index is 0.0644. The molecular formula is C47H90O6. The van der Waals surface area contributed by atoms with Gasteiger partial charge in [-0.05, 0) is 25.2 Å². The van der Waals surface area contributed by atoms with Gasteiger partial charge in [0.05, 0.1) is 0 Å². The molecule has 0 fully saturated rings. The van der Waals surface area contributed by atoms with E-state index in [1.807, 2.05) is 0 Å². The molecule has 0 saturated heterocycles. The first kappa shape index (κ1) is 51.4. The van der Waals surface area contributed by atoms with E-state index in [2.05, 4.69) is 27.7 Å². The van der Waals surface area contributed by atoms with Crippen LogP contribution in [0.1, 0.15) is 259 Å². The minimum atomic E-state index is -0.758. The summed E-state index contributed by atoms with van der Waals surface area (Å²) in [4.78, 5) is 37.5. The minimum Gasteiger partial charge on any atom is -0.462 e. The molecule has 314 valence electrons. The van der Waals surface area contributed by atoms with E-state index in [1.54, 1.807) is 0 Å². The van der Waals surface area contributed by atoms with Crippen LogP contribution in [0.15, 0.2) is 0 Å².